The fraction of sp³-hybridized carbons (Fsp3) is 0.118. The molecule has 0 aromatic heterocycles. The number of hydrogen-bond acceptors (Lipinski definition) is 2. The second-order valence-electron chi connectivity index (χ2n) is 4.50. The maximum atomic E-state index is 12.7. The van der Waals surface area contributed by atoms with Gasteiger partial charge in [0, 0.05) is 6.08 Å². The second kappa shape index (κ2) is 6.15. The van der Waals surface area contributed by atoms with Crippen LogP contribution in [0, 0.1) is 19.7 Å². The number of hydrogen-bond donors (Lipinski definition) is 0. The van der Waals surface area contributed by atoms with E-state index >= 15 is 0 Å². The Morgan fingerprint density at radius 3 is 2.50 bits per heavy atom. The molecular formula is C17H15FO2. The van der Waals surface area contributed by atoms with E-state index < -0.39 is 5.97 Å². The summed E-state index contributed by atoms with van der Waals surface area (Å²) in [5.74, 6) is -0.207. The van der Waals surface area contributed by atoms with Crippen molar-refractivity contribution in [2.24, 2.45) is 0 Å². The molecule has 0 aliphatic heterocycles. The summed E-state index contributed by atoms with van der Waals surface area (Å²) < 4.78 is 18.0. The van der Waals surface area contributed by atoms with Gasteiger partial charge in [-0.1, -0.05) is 24.3 Å². The van der Waals surface area contributed by atoms with Gasteiger partial charge in [0.15, 0.2) is 0 Å². The summed E-state index contributed by atoms with van der Waals surface area (Å²) in [6.45, 7) is 3.86. The highest BCUT2D eigenvalue weighted by Gasteiger charge is 2.05. The minimum absolute atomic E-state index is 0.305. The third kappa shape index (κ3) is 3.54. The van der Waals surface area contributed by atoms with Crippen molar-refractivity contribution in [1.29, 1.82) is 0 Å². The lowest BCUT2D eigenvalue weighted by Gasteiger charge is -2.07. The molecule has 0 unspecified atom stereocenters. The topological polar surface area (TPSA) is 26.3 Å². The van der Waals surface area contributed by atoms with Gasteiger partial charge in [0.1, 0.15) is 11.6 Å². The van der Waals surface area contributed by atoms with Crippen molar-refractivity contribution in [2.45, 2.75) is 13.8 Å². The van der Waals surface area contributed by atoms with Crippen molar-refractivity contribution in [3.8, 4) is 5.75 Å². The molecule has 0 N–H and O–H groups in total. The molecule has 0 amide bonds. The van der Waals surface area contributed by atoms with Gasteiger partial charge in [0.25, 0.3) is 0 Å². The van der Waals surface area contributed by atoms with Gasteiger partial charge >= 0.3 is 5.97 Å². The molecule has 2 aromatic carbocycles. The van der Waals surface area contributed by atoms with Crippen molar-refractivity contribution in [1.82, 2.24) is 0 Å². The Morgan fingerprint density at radius 2 is 1.80 bits per heavy atom. The van der Waals surface area contributed by atoms with Gasteiger partial charge in [-0.3, -0.25) is 0 Å². The van der Waals surface area contributed by atoms with E-state index in [0.717, 1.165) is 16.7 Å². The molecule has 0 aliphatic carbocycles. The molecule has 2 nitrogen and oxygen atoms in total. The zero-order valence-electron chi connectivity index (χ0n) is 11.4. The SMILES string of the molecule is Cc1cccc(OC(=O)C=Cc2ccc(F)cc2)c1C. The molecule has 0 fully saturated rings. The van der Waals surface area contributed by atoms with Crippen molar-refractivity contribution < 1.29 is 13.9 Å². The van der Waals surface area contributed by atoms with Crippen LogP contribution in [0.5, 0.6) is 5.75 Å². The summed E-state index contributed by atoms with van der Waals surface area (Å²) >= 11 is 0. The van der Waals surface area contributed by atoms with Gasteiger partial charge < -0.3 is 4.74 Å². The summed E-state index contributed by atoms with van der Waals surface area (Å²) in [7, 11) is 0. The number of rotatable bonds is 3. The molecule has 0 saturated heterocycles. The molecular weight excluding hydrogens is 255 g/mol. The Bertz CT molecular complexity index is 643. The van der Waals surface area contributed by atoms with Crippen LogP contribution < -0.4 is 4.74 Å². The van der Waals surface area contributed by atoms with Crippen LogP contribution in [0.15, 0.2) is 48.5 Å². The van der Waals surface area contributed by atoms with Crippen LogP contribution in [0.1, 0.15) is 16.7 Å². The predicted molar refractivity (Wildman–Crippen MR) is 77.0 cm³/mol. The molecule has 0 spiro atoms. The van der Waals surface area contributed by atoms with Crippen molar-refractivity contribution >= 4 is 12.0 Å². The molecule has 102 valence electrons. The number of halogens is 1. The molecule has 20 heavy (non-hydrogen) atoms. The Hall–Kier alpha value is -2.42. The number of carbonyl (C=O) groups excluding carboxylic acids is 1. The zero-order valence-corrected chi connectivity index (χ0v) is 11.4. The highest BCUT2D eigenvalue weighted by molar-refractivity contribution is 5.88. The van der Waals surface area contributed by atoms with Crippen LogP contribution in [0.4, 0.5) is 4.39 Å². The van der Waals surface area contributed by atoms with E-state index in [2.05, 4.69) is 0 Å². The van der Waals surface area contributed by atoms with Gasteiger partial charge in [-0.15, -0.1) is 0 Å². The van der Waals surface area contributed by atoms with Crippen LogP contribution in [0.2, 0.25) is 0 Å². The van der Waals surface area contributed by atoms with E-state index in [1.165, 1.54) is 18.2 Å². The second-order valence-corrected chi connectivity index (χ2v) is 4.50. The molecule has 0 atom stereocenters. The van der Waals surface area contributed by atoms with Gasteiger partial charge in [-0.05, 0) is 54.8 Å². The number of benzene rings is 2. The van der Waals surface area contributed by atoms with Crippen LogP contribution >= 0.6 is 0 Å². The van der Waals surface area contributed by atoms with Crippen molar-refractivity contribution in [3.63, 3.8) is 0 Å². The standard InChI is InChI=1S/C17H15FO2/c1-12-4-3-5-16(13(12)2)20-17(19)11-8-14-6-9-15(18)10-7-14/h3-11H,1-2H3. The largest absolute Gasteiger partial charge is 0.423 e. The molecule has 2 rings (SSSR count). The molecule has 0 aliphatic rings. The lowest BCUT2D eigenvalue weighted by Crippen LogP contribution is -2.05. The molecule has 0 saturated carbocycles. The lowest BCUT2D eigenvalue weighted by molar-refractivity contribution is -0.128. The molecule has 0 radical (unpaired) electrons. The number of aryl methyl sites for hydroxylation is 1. The van der Waals surface area contributed by atoms with Crippen LogP contribution in [-0.4, -0.2) is 5.97 Å². The molecule has 0 bridgehead atoms. The lowest BCUT2D eigenvalue weighted by atomic mass is 10.1. The molecule has 3 heteroatoms. The number of esters is 1. The first-order valence-corrected chi connectivity index (χ1v) is 6.28. The quantitative estimate of drug-likeness (QED) is 0.477. The zero-order chi connectivity index (χ0) is 14.5. The van der Waals surface area contributed by atoms with Gasteiger partial charge in [0.05, 0.1) is 0 Å². The van der Waals surface area contributed by atoms with E-state index in [1.807, 2.05) is 26.0 Å². The summed E-state index contributed by atoms with van der Waals surface area (Å²) in [6.07, 6.45) is 2.92. The highest BCUT2D eigenvalue weighted by Crippen LogP contribution is 2.20. The van der Waals surface area contributed by atoms with Gasteiger partial charge in [0.2, 0.25) is 0 Å². The molecule has 0 heterocycles. The smallest absolute Gasteiger partial charge is 0.336 e. The average Bonchev–Trinajstić information content (AvgIpc) is 2.43. The Balaban J connectivity index is 2.05. The first kappa shape index (κ1) is 14.0. The van der Waals surface area contributed by atoms with E-state index in [9.17, 15) is 9.18 Å². The van der Waals surface area contributed by atoms with Crippen LogP contribution in [-0.2, 0) is 4.79 Å². The van der Waals surface area contributed by atoms with Crippen LogP contribution in [0.3, 0.4) is 0 Å². The summed E-state index contributed by atoms with van der Waals surface area (Å²) in [5.41, 5.74) is 2.75. The third-order valence-corrected chi connectivity index (χ3v) is 3.05. The summed E-state index contributed by atoms with van der Waals surface area (Å²) in [5, 5.41) is 0. The minimum atomic E-state index is -0.456. The monoisotopic (exact) mass is 270 g/mol. The van der Waals surface area contributed by atoms with E-state index in [4.69, 9.17) is 4.74 Å². The summed E-state index contributed by atoms with van der Waals surface area (Å²) in [4.78, 5) is 11.7. The Labute approximate surface area is 117 Å². The van der Waals surface area contributed by atoms with Crippen LogP contribution in [0.25, 0.3) is 6.08 Å². The van der Waals surface area contributed by atoms with Gasteiger partial charge in [-0.2, -0.15) is 0 Å². The third-order valence-electron chi connectivity index (χ3n) is 3.05. The Kier molecular flexibility index (Phi) is 4.31. The van der Waals surface area contributed by atoms with Gasteiger partial charge in [-0.25, -0.2) is 9.18 Å². The first-order chi connectivity index (χ1) is 9.56. The normalized spacial score (nSPS) is 10.8. The number of ether oxygens (including phenoxy) is 1. The predicted octanol–water partition coefficient (Wildman–Crippen LogP) is 4.06. The fourth-order valence-corrected chi connectivity index (χ4v) is 1.72. The van der Waals surface area contributed by atoms with E-state index in [-0.39, 0.29) is 5.82 Å². The van der Waals surface area contributed by atoms with E-state index in [1.54, 1.807) is 24.3 Å². The summed E-state index contributed by atoms with van der Waals surface area (Å²) in [6, 6.07) is 11.4. The Morgan fingerprint density at radius 1 is 1.10 bits per heavy atom. The number of carbonyl (C=O) groups is 1. The highest BCUT2D eigenvalue weighted by atomic mass is 19.1. The minimum Gasteiger partial charge on any atom is -0.423 e. The van der Waals surface area contributed by atoms with Crippen molar-refractivity contribution in [2.75, 3.05) is 0 Å². The maximum absolute atomic E-state index is 12.7. The first-order valence-electron chi connectivity index (χ1n) is 6.28. The molecule has 2 aromatic rings. The maximum Gasteiger partial charge on any atom is 0.336 e. The van der Waals surface area contributed by atoms with E-state index in [0.29, 0.717) is 5.75 Å². The average molecular weight is 270 g/mol. The fourth-order valence-electron chi connectivity index (χ4n) is 1.72. The van der Waals surface area contributed by atoms with Crippen molar-refractivity contribution in [3.05, 3.63) is 71.0 Å².